The molecule has 0 spiro atoms. The van der Waals surface area contributed by atoms with Crippen molar-refractivity contribution in [1.29, 1.82) is 0 Å². The van der Waals surface area contributed by atoms with Crippen molar-refractivity contribution in [3.8, 4) is 0 Å². The van der Waals surface area contributed by atoms with E-state index in [4.69, 9.17) is 0 Å². The molecule has 0 amide bonds. The second-order valence-electron chi connectivity index (χ2n) is 0. The third-order valence-corrected chi connectivity index (χ3v) is 0. The van der Waals surface area contributed by atoms with Crippen molar-refractivity contribution in [2.75, 3.05) is 0 Å². The van der Waals surface area contributed by atoms with E-state index in [2.05, 4.69) is 0 Å². The standard InChI is InChI=1S/K.6H2O.V/h;6*1H2;/q+1;;;;;;;/p-6. The molecule has 0 heterocycles. The largest absolute Gasteiger partial charge is 1.00 e. The van der Waals surface area contributed by atoms with Crippen molar-refractivity contribution < 1.29 is 103 Å². The Bertz CT molecular complexity index is 8.49. The van der Waals surface area contributed by atoms with Crippen molar-refractivity contribution >= 4 is 0 Å². The van der Waals surface area contributed by atoms with Gasteiger partial charge in [0.05, 0.1) is 0 Å². The van der Waals surface area contributed by atoms with E-state index in [9.17, 15) is 0 Å². The van der Waals surface area contributed by atoms with Crippen LogP contribution in [0.2, 0.25) is 0 Å². The van der Waals surface area contributed by atoms with Gasteiger partial charge in [0.1, 0.15) is 0 Å². The number of hydrogen-bond donors (Lipinski definition) is 0. The van der Waals surface area contributed by atoms with Crippen molar-refractivity contribution in [1.82, 2.24) is 0 Å². The van der Waals surface area contributed by atoms with E-state index in [0.717, 1.165) is 0 Å². The number of rotatable bonds is 0. The first-order valence-corrected chi connectivity index (χ1v) is 0. The molecule has 0 aliphatic heterocycles. The molecular formula is H6KO6V-5. The van der Waals surface area contributed by atoms with Crippen LogP contribution in [0, 0.1) is 0 Å². The Labute approximate surface area is 101 Å². The normalized spacial score (nSPS) is 0. The Hall–Kier alpha value is 1.98. The Morgan fingerprint density at radius 3 is 0.375 bits per heavy atom. The molecule has 0 saturated carbocycles. The molecular weight excluding hydrogens is 186 g/mol. The maximum atomic E-state index is 0. The van der Waals surface area contributed by atoms with Crippen molar-refractivity contribution in [2.45, 2.75) is 0 Å². The summed E-state index contributed by atoms with van der Waals surface area (Å²) in [5.74, 6) is 0. The van der Waals surface area contributed by atoms with Gasteiger partial charge in [-0.1, -0.05) is 0 Å². The third-order valence-electron chi connectivity index (χ3n) is 0. The van der Waals surface area contributed by atoms with E-state index < -0.39 is 0 Å². The molecule has 0 aliphatic rings. The van der Waals surface area contributed by atoms with E-state index in [1.54, 1.807) is 0 Å². The number of hydrogen-bond acceptors (Lipinski definition) is 6. The molecule has 53 valence electrons. The molecule has 0 aromatic heterocycles. The smallest absolute Gasteiger partial charge is 0.870 e. The van der Waals surface area contributed by atoms with Crippen LogP contribution in [-0.2, 0) is 18.6 Å². The molecule has 1 radical (unpaired) electrons. The van der Waals surface area contributed by atoms with Crippen LogP contribution in [-0.4, -0.2) is 32.9 Å². The SMILES string of the molecule is [K+].[OH-].[OH-].[OH-].[OH-].[OH-].[OH-].[V]. The first kappa shape index (κ1) is 205. The molecule has 6 N–H and O–H groups in total. The maximum Gasteiger partial charge on any atom is 1.00 e. The van der Waals surface area contributed by atoms with Crippen LogP contribution in [0.1, 0.15) is 0 Å². The summed E-state index contributed by atoms with van der Waals surface area (Å²) >= 11 is 0. The van der Waals surface area contributed by atoms with Gasteiger partial charge in [0, 0.05) is 18.6 Å². The Morgan fingerprint density at radius 2 is 0.375 bits per heavy atom. The van der Waals surface area contributed by atoms with E-state index in [1.165, 1.54) is 0 Å². The molecule has 0 aliphatic carbocycles. The third kappa shape index (κ3) is 99.1. The summed E-state index contributed by atoms with van der Waals surface area (Å²) < 4.78 is 0. The molecule has 8 heteroatoms. The topological polar surface area (TPSA) is 180 Å². The van der Waals surface area contributed by atoms with E-state index >= 15 is 0 Å². The van der Waals surface area contributed by atoms with Gasteiger partial charge >= 0.3 is 51.4 Å². The molecule has 0 atom stereocenters. The van der Waals surface area contributed by atoms with Crippen molar-refractivity contribution in [2.24, 2.45) is 0 Å². The molecule has 0 bridgehead atoms. The summed E-state index contributed by atoms with van der Waals surface area (Å²) in [6.07, 6.45) is 0. The first-order chi connectivity index (χ1) is 0. The van der Waals surface area contributed by atoms with Crippen LogP contribution in [0.5, 0.6) is 0 Å². The zero-order valence-electron chi connectivity index (χ0n) is 4.13. The summed E-state index contributed by atoms with van der Waals surface area (Å²) in [5, 5.41) is 0. The molecule has 0 aromatic carbocycles. The van der Waals surface area contributed by atoms with Crippen LogP contribution < -0.4 is 51.4 Å². The Morgan fingerprint density at radius 1 is 0.375 bits per heavy atom. The van der Waals surface area contributed by atoms with Gasteiger partial charge in [-0.25, -0.2) is 0 Å². The van der Waals surface area contributed by atoms with Crippen molar-refractivity contribution in [3.05, 3.63) is 0 Å². The summed E-state index contributed by atoms with van der Waals surface area (Å²) in [6, 6.07) is 0. The fourth-order valence-corrected chi connectivity index (χ4v) is 0. The summed E-state index contributed by atoms with van der Waals surface area (Å²) in [4.78, 5) is 0. The monoisotopic (exact) mass is 192 g/mol. The fourth-order valence-electron chi connectivity index (χ4n) is 0. The van der Waals surface area contributed by atoms with Gasteiger partial charge in [0.15, 0.2) is 0 Å². The van der Waals surface area contributed by atoms with Crippen molar-refractivity contribution in [3.63, 3.8) is 0 Å². The molecule has 0 aromatic rings. The van der Waals surface area contributed by atoms with Gasteiger partial charge in [-0.2, -0.15) is 0 Å². The predicted molar refractivity (Wildman–Crippen MR) is 11.6 cm³/mol. The van der Waals surface area contributed by atoms with Gasteiger partial charge in [0.2, 0.25) is 0 Å². The average Bonchev–Trinajstić information content (AvgIpc) is 0. The van der Waals surface area contributed by atoms with E-state index in [-0.39, 0.29) is 103 Å². The molecule has 0 saturated heterocycles. The van der Waals surface area contributed by atoms with Crippen LogP contribution in [0.25, 0.3) is 0 Å². The quantitative estimate of drug-likeness (QED) is 0.351. The molecule has 0 unspecified atom stereocenters. The summed E-state index contributed by atoms with van der Waals surface area (Å²) in [7, 11) is 0. The van der Waals surface area contributed by atoms with Crippen LogP contribution in [0.4, 0.5) is 0 Å². The molecule has 0 fully saturated rings. The Balaban J connectivity index is 0. The van der Waals surface area contributed by atoms with Gasteiger partial charge in [-0.15, -0.1) is 0 Å². The fraction of sp³-hybridized carbons (Fsp3) is 0. The van der Waals surface area contributed by atoms with Crippen LogP contribution in [0.15, 0.2) is 0 Å². The first-order valence-electron chi connectivity index (χ1n) is 0. The predicted octanol–water partition coefficient (Wildman–Crippen LogP) is -4.06. The van der Waals surface area contributed by atoms with Gasteiger partial charge in [-0.05, 0) is 0 Å². The van der Waals surface area contributed by atoms with Gasteiger partial charge < -0.3 is 32.9 Å². The molecule has 6 nitrogen and oxygen atoms in total. The average molecular weight is 192 g/mol. The zero-order chi connectivity index (χ0) is 0. The maximum absolute atomic E-state index is 0. The van der Waals surface area contributed by atoms with Crippen LogP contribution in [0.3, 0.4) is 0 Å². The van der Waals surface area contributed by atoms with Gasteiger partial charge in [0.25, 0.3) is 0 Å². The zero-order valence-corrected chi connectivity index (χ0v) is 8.65. The minimum atomic E-state index is 0. The second kappa shape index (κ2) is 146. The minimum absolute atomic E-state index is 0. The molecule has 0 rings (SSSR count). The molecule has 8 heavy (non-hydrogen) atoms. The minimum Gasteiger partial charge on any atom is -0.870 e. The van der Waals surface area contributed by atoms with Crippen LogP contribution >= 0.6 is 0 Å². The second-order valence-corrected chi connectivity index (χ2v) is 0. The summed E-state index contributed by atoms with van der Waals surface area (Å²) in [5.41, 5.74) is 0. The van der Waals surface area contributed by atoms with Gasteiger partial charge in [-0.3, -0.25) is 0 Å². The Kier molecular flexibility index (Phi) is 3740. The summed E-state index contributed by atoms with van der Waals surface area (Å²) in [6.45, 7) is 0. The van der Waals surface area contributed by atoms with E-state index in [0.29, 0.717) is 0 Å². The van der Waals surface area contributed by atoms with E-state index in [1.807, 2.05) is 0 Å².